The van der Waals surface area contributed by atoms with Gasteiger partial charge in [0.1, 0.15) is 0 Å². The van der Waals surface area contributed by atoms with Gasteiger partial charge in [-0.05, 0) is 81.4 Å². The molecule has 0 fully saturated rings. The van der Waals surface area contributed by atoms with Crippen LogP contribution >= 0.6 is 0 Å². The molecule has 0 amide bonds. The Morgan fingerprint density at radius 1 is 0.697 bits per heavy atom. The van der Waals surface area contributed by atoms with Crippen molar-refractivity contribution in [2.75, 3.05) is 11.4 Å². The second-order valence-corrected chi connectivity index (χ2v) is 9.74. The van der Waals surface area contributed by atoms with Crippen LogP contribution in [0.5, 0.6) is 0 Å². The van der Waals surface area contributed by atoms with Crippen molar-refractivity contribution >= 4 is 32.9 Å². The van der Waals surface area contributed by atoms with Crippen molar-refractivity contribution in [2.45, 2.75) is 33.1 Å². The lowest BCUT2D eigenvalue weighted by atomic mass is 9.82. The van der Waals surface area contributed by atoms with E-state index in [9.17, 15) is 0 Å². The minimum absolute atomic E-state index is 0.00311. The monoisotopic (exact) mass is 427 g/mol. The number of benzene rings is 5. The van der Waals surface area contributed by atoms with Crippen molar-refractivity contribution in [3.05, 3.63) is 108 Å². The predicted octanol–water partition coefficient (Wildman–Crippen LogP) is 8.77. The van der Waals surface area contributed by atoms with E-state index in [0.29, 0.717) is 0 Å². The number of hydrogen-bond acceptors (Lipinski definition) is 1. The molecule has 162 valence electrons. The first-order valence-corrected chi connectivity index (χ1v) is 11.9. The van der Waals surface area contributed by atoms with Gasteiger partial charge in [0, 0.05) is 23.3 Å². The number of aryl methyl sites for hydroxylation is 1. The fourth-order valence-corrected chi connectivity index (χ4v) is 5.88. The Morgan fingerprint density at radius 2 is 1.33 bits per heavy atom. The molecule has 5 aromatic rings. The summed E-state index contributed by atoms with van der Waals surface area (Å²) in [6, 6.07) is 33.7. The summed E-state index contributed by atoms with van der Waals surface area (Å²) in [5.41, 5.74) is 9.51. The lowest BCUT2D eigenvalue weighted by Gasteiger charge is -2.27. The third-order valence-corrected chi connectivity index (χ3v) is 7.64. The first kappa shape index (κ1) is 20.1. The van der Waals surface area contributed by atoms with Crippen LogP contribution in [-0.2, 0) is 5.41 Å². The maximum Gasteiger partial charge on any atom is 0.0446 e. The van der Waals surface area contributed by atoms with Crippen LogP contribution in [0.1, 0.15) is 37.5 Å². The van der Waals surface area contributed by atoms with E-state index in [0.717, 1.165) is 6.54 Å². The molecule has 0 heterocycles. The fraction of sp³-hybridized carbons (Fsp3) is 0.188. The highest BCUT2D eigenvalue weighted by molar-refractivity contribution is 6.03. The highest BCUT2D eigenvalue weighted by Gasteiger charge is 2.36. The quantitative estimate of drug-likeness (QED) is 0.278. The van der Waals surface area contributed by atoms with Crippen LogP contribution in [0.2, 0.25) is 0 Å². The summed E-state index contributed by atoms with van der Waals surface area (Å²) in [4.78, 5) is 2.46. The summed E-state index contributed by atoms with van der Waals surface area (Å²) in [5, 5.41) is 5.28. The zero-order valence-electron chi connectivity index (χ0n) is 19.8. The SMILES string of the molecule is CCN(c1ccc2c(c1)-c1c(ccc3ccccc13)C2(C)C)c1ccc2ccccc2c1C. The van der Waals surface area contributed by atoms with Crippen LogP contribution in [0.15, 0.2) is 91.0 Å². The van der Waals surface area contributed by atoms with Gasteiger partial charge < -0.3 is 4.90 Å². The van der Waals surface area contributed by atoms with Crippen molar-refractivity contribution in [1.82, 2.24) is 0 Å². The standard InChI is InChI=1S/C32H29N/c1-5-33(30-19-15-22-10-6-8-12-25(22)21(30)2)24-16-18-28-27(20-24)31-26-13-9-7-11-23(26)14-17-29(31)32(28,3)4/h6-20H,5H2,1-4H3. The largest absolute Gasteiger partial charge is 0.342 e. The van der Waals surface area contributed by atoms with E-state index in [4.69, 9.17) is 0 Å². The highest BCUT2D eigenvalue weighted by atomic mass is 15.1. The molecule has 0 unspecified atom stereocenters. The van der Waals surface area contributed by atoms with Crippen molar-refractivity contribution in [1.29, 1.82) is 0 Å². The minimum Gasteiger partial charge on any atom is -0.342 e. The third-order valence-electron chi connectivity index (χ3n) is 7.64. The van der Waals surface area contributed by atoms with Gasteiger partial charge in [0.15, 0.2) is 0 Å². The van der Waals surface area contributed by atoms with E-state index in [-0.39, 0.29) is 5.41 Å². The topological polar surface area (TPSA) is 3.24 Å². The van der Waals surface area contributed by atoms with Crippen molar-refractivity contribution in [3.63, 3.8) is 0 Å². The van der Waals surface area contributed by atoms with Gasteiger partial charge in [-0.25, -0.2) is 0 Å². The molecule has 1 nitrogen and oxygen atoms in total. The van der Waals surface area contributed by atoms with E-state index in [2.05, 4.69) is 124 Å². The summed E-state index contributed by atoms with van der Waals surface area (Å²) in [6.45, 7) is 10.1. The van der Waals surface area contributed by atoms with Crippen LogP contribution in [0, 0.1) is 6.92 Å². The van der Waals surface area contributed by atoms with Crippen LogP contribution in [-0.4, -0.2) is 6.54 Å². The number of nitrogens with zero attached hydrogens (tertiary/aromatic N) is 1. The summed E-state index contributed by atoms with van der Waals surface area (Å²) >= 11 is 0. The number of rotatable bonds is 3. The predicted molar refractivity (Wildman–Crippen MR) is 143 cm³/mol. The normalized spacial score (nSPS) is 13.8. The Morgan fingerprint density at radius 3 is 2.09 bits per heavy atom. The number of hydrogen-bond donors (Lipinski definition) is 0. The van der Waals surface area contributed by atoms with Gasteiger partial charge in [-0.3, -0.25) is 0 Å². The first-order chi connectivity index (χ1) is 16.0. The van der Waals surface area contributed by atoms with Crippen LogP contribution in [0.3, 0.4) is 0 Å². The maximum absolute atomic E-state index is 2.46. The average molecular weight is 428 g/mol. The van der Waals surface area contributed by atoms with Crippen molar-refractivity contribution in [3.8, 4) is 11.1 Å². The van der Waals surface area contributed by atoms with Gasteiger partial charge in [0.05, 0.1) is 0 Å². The number of fused-ring (bicyclic) bond motifs is 6. The molecular formula is C32H29N. The van der Waals surface area contributed by atoms with Gasteiger partial charge in [0.25, 0.3) is 0 Å². The zero-order chi connectivity index (χ0) is 22.7. The molecule has 6 rings (SSSR count). The number of anilines is 2. The lowest BCUT2D eigenvalue weighted by Crippen LogP contribution is -2.18. The Bertz CT molecular complexity index is 1540. The second kappa shape index (κ2) is 7.22. The molecule has 5 aromatic carbocycles. The molecule has 0 aliphatic heterocycles. The molecule has 33 heavy (non-hydrogen) atoms. The molecule has 0 aromatic heterocycles. The smallest absolute Gasteiger partial charge is 0.0446 e. The van der Waals surface area contributed by atoms with E-state index >= 15 is 0 Å². The van der Waals surface area contributed by atoms with Gasteiger partial charge in [0.2, 0.25) is 0 Å². The molecule has 0 spiro atoms. The molecule has 0 saturated carbocycles. The molecule has 1 aliphatic rings. The third kappa shape index (κ3) is 2.85. The van der Waals surface area contributed by atoms with Gasteiger partial charge in [-0.15, -0.1) is 0 Å². The molecular weight excluding hydrogens is 398 g/mol. The van der Waals surface area contributed by atoms with Crippen molar-refractivity contribution < 1.29 is 0 Å². The molecule has 0 saturated heterocycles. The summed E-state index contributed by atoms with van der Waals surface area (Å²) in [7, 11) is 0. The Balaban J connectivity index is 1.57. The molecule has 0 bridgehead atoms. The summed E-state index contributed by atoms with van der Waals surface area (Å²) in [6.07, 6.45) is 0. The summed E-state index contributed by atoms with van der Waals surface area (Å²) < 4.78 is 0. The van der Waals surface area contributed by atoms with Crippen LogP contribution < -0.4 is 4.90 Å². The summed E-state index contributed by atoms with van der Waals surface area (Å²) in [5.74, 6) is 0. The van der Waals surface area contributed by atoms with Gasteiger partial charge in [-0.1, -0.05) is 86.6 Å². The van der Waals surface area contributed by atoms with Gasteiger partial charge >= 0.3 is 0 Å². The fourth-order valence-electron chi connectivity index (χ4n) is 5.88. The molecule has 0 N–H and O–H groups in total. The van der Waals surface area contributed by atoms with E-state index < -0.39 is 0 Å². The molecule has 1 aliphatic carbocycles. The Kier molecular flexibility index (Phi) is 4.39. The highest BCUT2D eigenvalue weighted by Crippen LogP contribution is 2.52. The average Bonchev–Trinajstić information content (AvgIpc) is 3.08. The van der Waals surface area contributed by atoms with E-state index in [1.807, 2.05) is 0 Å². The molecule has 0 atom stereocenters. The van der Waals surface area contributed by atoms with E-state index in [1.165, 1.54) is 60.7 Å². The maximum atomic E-state index is 2.46. The van der Waals surface area contributed by atoms with Crippen LogP contribution in [0.25, 0.3) is 32.7 Å². The Labute approximate surface area is 196 Å². The van der Waals surface area contributed by atoms with Crippen LogP contribution in [0.4, 0.5) is 11.4 Å². The lowest BCUT2D eigenvalue weighted by molar-refractivity contribution is 0.661. The van der Waals surface area contributed by atoms with E-state index in [1.54, 1.807) is 0 Å². The second-order valence-electron chi connectivity index (χ2n) is 9.74. The Hall–Kier alpha value is -3.58. The minimum atomic E-state index is 0.00311. The molecule has 1 heteroatoms. The first-order valence-electron chi connectivity index (χ1n) is 11.9. The molecule has 0 radical (unpaired) electrons. The van der Waals surface area contributed by atoms with Crippen molar-refractivity contribution in [2.24, 2.45) is 0 Å². The van der Waals surface area contributed by atoms with Gasteiger partial charge in [-0.2, -0.15) is 0 Å². The zero-order valence-corrected chi connectivity index (χ0v) is 19.8.